The van der Waals surface area contributed by atoms with Crippen LogP contribution in [0, 0.1) is 6.92 Å². The highest BCUT2D eigenvalue weighted by molar-refractivity contribution is 7.74. The van der Waals surface area contributed by atoms with Crippen LogP contribution in [0.5, 0.6) is 0 Å². The second kappa shape index (κ2) is 4.15. The molecule has 1 atom stereocenters. The third kappa shape index (κ3) is 2.96. The number of aryl methyl sites for hydroxylation is 1. The highest BCUT2D eigenvalue weighted by Gasteiger charge is 2.09. The summed E-state index contributed by atoms with van der Waals surface area (Å²) in [7, 11) is 0. The molecule has 1 rings (SSSR count). The van der Waals surface area contributed by atoms with Crippen molar-refractivity contribution in [3.63, 3.8) is 0 Å². The quantitative estimate of drug-likeness (QED) is 0.730. The van der Waals surface area contributed by atoms with E-state index in [0.717, 1.165) is 5.56 Å². The Bertz CT molecular complexity index is 348. The van der Waals surface area contributed by atoms with Gasteiger partial charge in [0.25, 0.3) is 0 Å². The third-order valence-electron chi connectivity index (χ3n) is 1.40. The first-order valence-corrected chi connectivity index (χ1v) is 4.53. The molecular weight excluding hydrogens is 192 g/mol. The van der Waals surface area contributed by atoms with Gasteiger partial charge in [0.1, 0.15) is 0 Å². The second-order valence-corrected chi connectivity index (χ2v) is 3.06. The van der Waals surface area contributed by atoms with Crippen LogP contribution in [-0.2, 0) is 15.5 Å². The number of benzene rings is 1. The van der Waals surface area contributed by atoms with Crippen LogP contribution < -0.4 is 0 Å². The minimum Gasteiger partial charge on any atom is -0.339 e. The van der Waals surface area contributed by atoms with Crippen LogP contribution in [-0.4, -0.2) is 14.7 Å². The Morgan fingerprint density at radius 2 is 2.23 bits per heavy atom. The van der Waals surface area contributed by atoms with Gasteiger partial charge < -0.3 is 4.18 Å². The third-order valence-corrected chi connectivity index (χ3v) is 1.69. The monoisotopic (exact) mass is 200 g/mol. The van der Waals surface area contributed by atoms with Crippen molar-refractivity contribution >= 4 is 17.3 Å². The van der Waals surface area contributed by atoms with Gasteiger partial charge in [0, 0.05) is 0 Å². The predicted molar refractivity (Wildman–Crippen MR) is 47.4 cm³/mol. The molecule has 0 bridgehead atoms. The Labute approximate surface area is 78.0 Å². The van der Waals surface area contributed by atoms with E-state index in [1.807, 2.05) is 13.0 Å². The first kappa shape index (κ1) is 9.88. The van der Waals surface area contributed by atoms with Crippen molar-refractivity contribution in [2.24, 2.45) is 0 Å². The minimum absolute atomic E-state index is 0.266. The van der Waals surface area contributed by atoms with Crippen LogP contribution in [0.4, 0.5) is 0 Å². The highest BCUT2D eigenvalue weighted by atomic mass is 32.2. The molecule has 70 valence electrons. The summed E-state index contributed by atoms with van der Waals surface area (Å²) in [6.45, 7) is 1.81. The number of carbonyl (C=O) groups excluding carboxylic acids is 1. The van der Waals surface area contributed by atoms with Gasteiger partial charge >= 0.3 is 17.3 Å². The topological polar surface area (TPSA) is 63.6 Å². The molecule has 0 radical (unpaired) electrons. The molecule has 1 aromatic rings. The molecule has 0 aliphatic carbocycles. The molecule has 0 saturated heterocycles. The smallest absolute Gasteiger partial charge is 0.339 e. The van der Waals surface area contributed by atoms with Gasteiger partial charge in [-0.2, -0.15) is 4.21 Å². The Balaban J connectivity index is 2.83. The Morgan fingerprint density at radius 1 is 1.54 bits per heavy atom. The first-order valence-electron chi connectivity index (χ1n) is 3.50. The van der Waals surface area contributed by atoms with Crippen LogP contribution in [0.15, 0.2) is 24.3 Å². The number of rotatable bonds is 2. The normalized spacial score (nSPS) is 12.2. The average Bonchev–Trinajstić information content (AvgIpc) is 2.03. The molecule has 13 heavy (non-hydrogen) atoms. The number of carbonyl (C=O) groups is 1. The van der Waals surface area contributed by atoms with E-state index in [0.29, 0.717) is 0 Å². The van der Waals surface area contributed by atoms with Crippen molar-refractivity contribution in [2.75, 3.05) is 0 Å². The van der Waals surface area contributed by atoms with Gasteiger partial charge in [-0.05, 0) is 19.1 Å². The van der Waals surface area contributed by atoms with E-state index in [1.54, 1.807) is 12.1 Å². The molecule has 0 aliphatic rings. The molecule has 4 nitrogen and oxygen atoms in total. The van der Waals surface area contributed by atoms with Gasteiger partial charge in [0.2, 0.25) is 0 Å². The summed E-state index contributed by atoms with van der Waals surface area (Å²) in [6, 6.07) is 6.58. The lowest BCUT2D eigenvalue weighted by molar-refractivity contribution is 0.0743. The molecule has 5 heteroatoms. The summed E-state index contributed by atoms with van der Waals surface area (Å²) in [5.74, 6) is -0.801. The fourth-order valence-corrected chi connectivity index (χ4v) is 1.11. The van der Waals surface area contributed by atoms with Crippen molar-refractivity contribution in [3.05, 3.63) is 35.4 Å². The summed E-state index contributed by atoms with van der Waals surface area (Å²) in [4.78, 5) is 11.0. The Hall–Kier alpha value is -1.20. The average molecular weight is 200 g/mol. The van der Waals surface area contributed by atoms with E-state index in [4.69, 9.17) is 4.55 Å². The lowest BCUT2D eigenvalue weighted by atomic mass is 10.1. The Kier molecular flexibility index (Phi) is 3.16. The van der Waals surface area contributed by atoms with Crippen LogP contribution >= 0.6 is 0 Å². The highest BCUT2D eigenvalue weighted by Crippen LogP contribution is 2.05. The van der Waals surface area contributed by atoms with Crippen molar-refractivity contribution in [2.45, 2.75) is 6.92 Å². The number of hydrogen-bond donors (Lipinski definition) is 1. The second-order valence-electron chi connectivity index (χ2n) is 2.46. The molecule has 0 fully saturated rings. The zero-order valence-corrected chi connectivity index (χ0v) is 7.71. The fourth-order valence-electron chi connectivity index (χ4n) is 0.885. The summed E-state index contributed by atoms with van der Waals surface area (Å²) in [5.41, 5.74) is 1.15. The SMILES string of the molecule is Cc1cccc(C(=O)OS(=O)O)c1. The van der Waals surface area contributed by atoms with E-state index in [9.17, 15) is 9.00 Å². The van der Waals surface area contributed by atoms with E-state index >= 15 is 0 Å². The van der Waals surface area contributed by atoms with Crippen molar-refractivity contribution in [1.29, 1.82) is 0 Å². The van der Waals surface area contributed by atoms with Crippen LogP contribution in [0.2, 0.25) is 0 Å². The van der Waals surface area contributed by atoms with E-state index in [1.165, 1.54) is 6.07 Å². The summed E-state index contributed by atoms with van der Waals surface area (Å²) in [6.07, 6.45) is 0. The summed E-state index contributed by atoms with van der Waals surface area (Å²) >= 11 is -2.55. The van der Waals surface area contributed by atoms with Crippen LogP contribution in [0.25, 0.3) is 0 Å². The van der Waals surface area contributed by atoms with Gasteiger partial charge in [0.15, 0.2) is 0 Å². The molecule has 1 aromatic carbocycles. The molecule has 0 spiro atoms. The minimum atomic E-state index is -2.55. The zero-order valence-electron chi connectivity index (χ0n) is 6.89. The van der Waals surface area contributed by atoms with Crippen molar-refractivity contribution in [1.82, 2.24) is 0 Å². The molecule has 0 heterocycles. The molecular formula is C8H8O4S. The van der Waals surface area contributed by atoms with Crippen molar-refractivity contribution < 1.29 is 17.7 Å². The largest absolute Gasteiger partial charge is 0.360 e. The molecule has 0 aliphatic heterocycles. The standard InChI is InChI=1S/C8H8O4S/c1-6-3-2-4-7(5-6)8(9)12-13(10)11/h2-5H,1H3,(H,10,11). The molecule has 1 unspecified atom stereocenters. The van der Waals surface area contributed by atoms with Gasteiger partial charge in [-0.15, -0.1) is 0 Å². The van der Waals surface area contributed by atoms with Gasteiger partial charge in [0.05, 0.1) is 5.56 Å². The van der Waals surface area contributed by atoms with Gasteiger partial charge in [-0.1, -0.05) is 17.7 Å². The van der Waals surface area contributed by atoms with E-state index < -0.39 is 17.3 Å². The van der Waals surface area contributed by atoms with Crippen LogP contribution in [0.1, 0.15) is 15.9 Å². The predicted octanol–water partition coefficient (Wildman–Crippen LogP) is 1.29. The van der Waals surface area contributed by atoms with Gasteiger partial charge in [-0.3, -0.25) is 4.55 Å². The maximum absolute atomic E-state index is 11.0. The van der Waals surface area contributed by atoms with Crippen LogP contribution in [0.3, 0.4) is 0 Å². The molecule has 1 N–H and O–H groups in total. The molecule has 0 amide bonds. The van der Waals surface area contributed by atoms with E-state index in [-0.39, 0.29) is 5.56 Å². The molecule has 0 aromatic heterocycles. The van der Waals surface area contributed by atoms with Gasteiger partial charge in [-0.25, -0.2) is 4.79 Å². The Morgan fingerprint density at radius 3 is 2.77 bits per heavy atom. The fraction of sp³-hybridized carbons (Fsp3) is 0.125. The zero-order chi connectivity index (χ0) is 9.84. The van der Waals surface area contributed by atoms with Crippen molar-refractivity contribution in [3.8, 4) is 0 Å². The first-order chi connectivity index (χ1) is 6.09. The summed E-state index contributed by atoms with van der Waals surface area (Å²) < 4.78 is 22.5. The summed E-state index contributed by atoms with van der Waals surface area (Å²) in [5, 5.41) is 0. The number of hydrogen-bond acceptors (Lipinski definition) is 3. The van der Waals surface area contributed by atoms with E-state index in [2.05, 4.69) is 4.18 Å². The maximum Gasteiger partial charge on any atom is 0.360 e. The lowest BCUT2D eigenvalue weighted by Gasteiger charge is -1.99. The maximum atomic E-state index is 11.0. The molecule has 0 saturated carbocycles. The lowest BCUT2D eigenvalue weighted by Crippen LogP contribution is -2.06.